The largest absolute Gasteiger partial charge is 0.488 e. The molecule has 1 aromatic rings. The maximum atomic E-state index is 6.08. The summed E-state index contributed by atoms with van der Waals surface area (Å²) in [5.74, 6) is 1.09. The summed E-state index contributed by atoms with van der Waals surface area (Å²) in [5.41, 5.74) is 1.37. The maximum absolute atomic E-state index is 6.08. The molecule has 0 bridgehead atoms. The molecule has 2 aliphatic heterocycles. The number of fused-ring (bicyclic) bond motifs is 1. The van der Waals surface area contributed by atoms with Crippen LogP contribution in [-0.2, 0) is 6.42 Å². The highest BCUT2D eigenvalue weighted by atomic mass is 16.5. The Labute approximate surface area is 122 Å². The van der Waals surface area contributed by atoms with E-state index in [-0.39, 0.29) is 0 Å². The van der Waals surface area contributed by atoms with E-state index in [1.807, 2.05) is 0 Å². The van der Waals surface area contributed by atoms with Gasteiger partial charge >= 0.3 is 0 Å². The Morgan fingerprint density at radius 2 is 2.25 bits per heavy atom. The number of para-hydroxylation sites is 1. The molecule has 2 unspecified atom stereocenters. The molecule has 2 atom stereocenters. The molecule has 0 aromatic heterocycles. The Bertz CT molecular complexity index is 410. The molecule has 1 aromatic carbocycles. The summed E-state index contributed by atoms with van der Waals surface area (Å²) in [6, 6.07) is 9.12. The average molecular weight is 274 g/mol. The smallest absolute Gasteiger partial charge is 0.123 e. The van der Waals surface area contributed by atoms with E-state index >= 15 is 0 Å². The molecule has 0 radical (unpaired) electrons. The SMILES string of the molecule is CCCC1CN(CC2Cc3ccccc3O2)CCCN1. The number of rotatable bonds is 4. The van der Waals surface area contributed by atoms with Gasteiger partial charge in [-0.25, -0.2) is 0 Å². The summed E-state index contributed by atoms with van der Waals surface area (Å²) in [6.45, 7) is 6.87. The van der Waals surface area contributed by atoms with Gasteiger partial charge in [-0.1, -0.05) is 31.5 Å². The first-order valence-electron chi connectivity index (χ1n) is 8.05. The number of nitrogens with zero attached hydrogens (tertiary/aromatic N) is 1. The number of ether oxygens (including phenoxy) is 1. The van der Waals surface area contributed by atoms with Crippen LogP contribution >= 0.6 is 0 Å². The molecule has 1 saturated heterocycles. The highest BCUT2D eigenvalue weighted by molar-refractivity contribution is 5.37. The lowest BCUT2D eigenvalue weighted by Gasteiger charge is -2.26. The molecule has 3 nitrogen and oxygen atoms in total. The van der Waals surface area contributed by atoms with Gasteiger partial charge in [0.25, 0.3) is 0 Å². The Kier molecular flexibility index (Phi) is 4.58. The van der Waals surface area contributed by atoms with E-state index in [4.69, 9.17) is 4.74 Å². The predicted octanol–water partition coefficient (Wildman–Crippen LogP) is 2.45. The molecule has 20 heavy (non-hydrogen) atoms. The number of nitrogens with one attached hydrogen (secondary N) is 1. The van der Waals surface area contributed by atoms with Gasteiger partial charge in [0.05, 0.1) is 0 Å². The lowest BCUT2D eigenvalue weighted by atomic mass is 10.1. The van der Waals surface area contributed by atoms with Crippen LogP contribution in [0.1, 0.15) is 31.7 Å². The van der Waals surface area contributed by atoms with E-state index in [2.05, 4.69) is 41.4 Å². The van der Waals surface area contributed by atoms with Crippen molar-refractivity contribution in [2.24, 2.45) is 0 Å². The molecule has 0 aliphatic carbocycles. The van der Waals surface area contributed by atoms with E-state index in [0.717, 1.165) is 25.3 Å². The van der Waals surface area contributed by atoms with Crippen LogP contribution in [0.3, 0.4) is 0 Å². The first-order valence-corrected chi connectivity index (χ1v) is 8.05. The predicted molar refractivity (Wildman–Crippen MR) is 82.3 cm³/mol. The molecule has 2 heterocycles. The quantitative estimate of drug-likeness (QED) is 0.913. The molecule has 1 N–H and O–H groups in total. The van der Waals surface area contributed by atoms with Crippen molar-refractivity contribution in [2.75, 3.05) is 26.2 Å². The van der Waals surface area contributed by atoms with Gasteiger partial charge < -0.3 is 10.1 Å². The Morgan fingerprint density at radius 1 is 1.35 bits per heavy atom. The van der Waals surface area contributed by atoms with Crippen molar-refractivity contribution >= 4 is 0 Å². The number of benzene rings is 1. The minimum atomic E-state index is 0.341. The van der Waals surface area contributed by atoms with Crippen molar-refractivity contribution in [3.05, 3.63) is 29.8 Å². The summed E-state index contributed by atoms with van der Waals surface area (Å²) in [5, 5.41) is 3.67. The van der Waals surface area contributed by atoms with Crippen molar-refractivity contribution in [3.8, 4) is 5.75 Å². The van der Waals surface area contributed by atoms with Gasteiger partial charge in [0.1, 0.15) is 11.9 Å². The molecule has 0 amide bonds. The van der Waals surface area contributed by atoms with Crippen LogP contribution in [0, 0.1) is 0 Å². The van der Waals surface area contributed by atoms with Crippen LogP contribution in [0.15, 0.2) is 24.3 Å². The molecule has 110 valence electrons. The zero-order valence-corrected chi connectivity index (χ0v) is 12.5. The summed E-state index contributed by atoms with van der Waals surface area (Å²) >= 11 is 0. The normalized spacial score (nSPS) is 26.9. The highest BCUT2D eigenvalue weighted by Gasteiger charge is 2.26. The van der Waals surface area contributed by atoms with Gasteiger partial charge in [0, 0.05) is 25.6 Å². The Balaban J connectivity index is 1.55. The van der Waals surface area contributed by atoms with Crippen LogP contribution < -0.4 is 10.1 Å². The number of hydrogen-bond acceptors (Lipinski definition) is 3. The second-order valence-electron chi connectivity index (χ2n) is 6.10. The van der Waals surface area contributed by atoms with E-state index in [9.17, 15) is 0 Å². The van der Waals surface area contributed by atoms with Gasteiger partial charge in [-0.3, -0.25) is 4.90 Å². The van der Waals surface area contributed by atoms with Gasteiger partial charge in [0.15, 0.2) is 0 Å². The minimum Gasteiger partial charge on any atom is -0.488 e. The highest BCUT2D eigenvalue weighted by Crippen LogP contribution is 2.28. The summed E-state index contributed by atoms with van der Waals surface area (Å²) in [6.07, 6.45) is 5.20. The van der Waals surface area contributed by atoms with E-state index < -0.39 is 0 Å². The van der Waals surface area contributed by atoms with Gasteiger partial charge in [-0.05, 0) is 37.6 Å². The van der Waals surface area contributed by atoms with Crippen LogP contribution in [0.2, 0.25) is 0 Å². The van der Waals surface area contributed by atoms with Gasteiger partial charge in [0.2, 0.25) is 0 Å². The third kappa shape index (κ3) is 3.33. The molecule has 2 aliphatic rings. The first-order chi connectivity index (χ1) is 9.85. The van der Waals surface area contributed by atoms with Crippen LogP contribution in [0.5, 0.6) is 5.75 Å². The van der Waals surface area contributed by atoms with Crippen molar-refractivity contribution in [3.63, 3.8) is 0 Å². The third-order valence-corrected chi connectivity index (χ3v) is 4.38. The maximum Gasteiger partial charge on any atom is 0.123 e. The minimum absolute atomic E-state index is 0.341. The van der Waals surface area contributed by atoms with E-state index in [0.29, 0.717) is 12.1 Å². The van der Waals surface area contributed by atoms with Gasteiger partial charge in [-0.15, -0.1) is 0 Å². The summed E-state index contributed by atoms with van der Waals surface area (Å²) < 4.78 is 6.08. The van der Waals surface area contributed by atoms with Crippen molar-refractivity contribution in [2.45, 2.75) is 44.8 Å². The Morgan fingerprint density at radius 3 is 3.10 bits per heavy atom. The zero-order valence-electron chi connectivity index (χ0n) is 12.5. The molecule has 3 heteroatoms. The van der Waals surface area contributed by atoms with Crippen molar-refractivity contribution < 1.29 is 4.74 Å². The first kappa shape index (κ1) is 13.9. The van der Waals surface area contributed by atoms with Crippen LogP contribution in [-0.4, -0.2) is 43.2 Å². The van der Waals surface area contributed by atoms with E-state index in [1.54, 1.807) is 0 Å². The molecule has 1 fully saturated rings. The number of hydrogen-bond donors (Lipinski definition) is 1. The topological polar surface area (TPSA) is 24.5 Å². The Hall–Kier alpha value is -1.06. The fraction of sp³-hybridized carbons (Fsp3) is 0.647. The molecular weight excluding hydrogens is 248 g/mol. The second kappa shape index (κ2) is 6.59. The van der Waals surface area contributed by atoms with Crippen LogP contribution in [0.4, 0.5) is 0 Å². The lowest BCUT2D eigenvalue weighted by Crippen LogP contribution is -2.41. The van der Waals surface area contributed by atoms with E-state index in [1.165, 1.54) is 37.9 Å². The summed E-state index contributed by atoms with van der Waals surface area (Å²) in [7, 11) is 0. The standard InChI is InChI=1S/C17H26N2O/c1-2-6-15-12-19(10-5-9-18-15)13-16-11-14-7-3-4-8-17(14)20-16/h3-4,7-8,15-16,18H,2,5-6,9-13H2,1H3. The summed E-state index contributed by atoms with van der Waals surface area (Å²) in [4.78, 5) is 2.59. The molecular formula is C17H26N2O. The van der Waals surface area contributed by atoms with Crippen molar-refractivity contribution in [1.29, 1.82) is 0 Å². The molecule has 0 spiro atoms. The van der Waals surface area contributed by atoms with Crippen molar-refractivity contribution in [1.82, 2.24) is 10.2 Å². The molecule has 3 rings (SSSR count). The fourth-order valence-electron chi connectivity index (χ4n) is 3.43. The van der Waals surface area contributed by atoms with Gasteiger partial charge in [-0.2, -0.15) is 0 Å². The van der Waals surface area contributed by atoms with Crippen LogP contribution in [0.25, 0.3) is 0 Å². The zero-order chi connectivity index (χ0) is 13.8. The monoisotopic (exact) mass is 274 g/mol. The fourth-order valence-corrected chi connectivity index (χ4v) is 3.43. The second-order valence-corrected chi connectivity index (χ2v) is 6.10. The third-order valence-electron chi connectivity index (χ3n) is 4.38. The molecule has 0 saturated carbocycles. The lowest BCUT2D eigenvalue weighted by molar-refractivity contribution is 0.147. The average Bonchev–Trinajstić information content (AvgIpc) is 2.72.